The molecule has 0 atom stereocenters. The lowest BCUT2D eigenvalue weighted by Gasteiger charge is -2.30. The molecule has 1 aliphatic heterocycles. The first-order chi connectivity index (χ1) is 15.6. The van der Waals surface area contributed by atoms with E-state index < -0.39 is 10.0 Å². The summed E-state index contributed by atoms with van der Waals surface area (Å²) >= 11 is 0. The van der Waals surface area contributed by atoms with Crippen molar-refractivity contribution in [3.05, 3.63) is 47.7 Å². The first-order valence-corrected chi connectivity index (χ1v) is 13.0. The maximum absolute atomic E-state index is 13.0. The number of pyridine rings is 1. The average molecular weight is 474 g/mol. The van der Waals surface area contributed by atoms with Crippen molar-refractivity contribution >= 4 is 27.4 Å². The Balaban J connectivity index is 1.87. The smallest absolute Gasteiger partial charge is 0.261 e. The third-order valence-corrected chi connectivity index (χ3v) is 7.02. The van der Waals surface area contributed by atoms with Gasteiger partial charge in [0.15, 0.2) is 0 Å². The number of nitrogens with zero attached hydrogens (tertiary/aromatic N) is 2. The van der Waals surface area contributed by atoms with E-state index in [-0.39, 0.29) is 21.9 Å². The van der Waals surface area contributed by atoms with Gasteiger partial charge in [-0.3, -0.25) is 9.52 Å². The molecule has 8 nitrogen and oxygen atoms in total. The largest absolute Gasteiger partial charge is 0.353 e. The molecule has 0 saturated carbocycles. The molecule has 1 aliphatic rings. The van der Waals surface area contributed by atoms with Gasteiger partial charge in [-0.05, 0) is 35.6 Å². The van der Waals surface area contributed by atoms with Crippen LogP contribution in [0.3, 0.4) is 0 Å². The van der Waals surface area contributed by atoms with E-state index in [4.69, 9.17) is 0 Å². The molecule has 3 N–H and O–H groups in total. The Morgan fingerprint density at radius 3 is 2.42 bits per heavy atom. The van der Waals surface area contributed by atoms with E-state index in [1.165, 1.54) is 6.20 Å². The van der Waals surface area contributed by atoms with Gasteiger partial charge in [-0.15, -0.1) is 0 Å². The number of nitrogens with one attached hydrogen (secondary N) is 3. The lowest BCUT2D eigenvalue weighted by Crippen LogP contribution is -2.44. The zero-order valence-electron chi connectivity index (χ0n) is 19.9. The first kappa shape index (κ1) is 25.0. The summed E-state index contributed by atoms with van der Waals surface area (Å²) in [5.41, 5.74) is 1.61. The van der Waals surface area contributed by atoms with E-state index in [1.54, 1.807) is 18.2 Å². The molecule has 0 radical (unpaired) electrons. The van der Waals surface area contributed by atoms with Crippen LogP contribution >= 0.6 is 0 Å². The van der Waals surface area contributed by atoms with Crippen molar-refractivity contribution in [2.24, 2.45) is 0 Å². The molecule has 33 heavy (non-hydrogen) atoms. The van der Waals surface area contributed by atoms with Crippen LogP contribution in [0.1, 0.15) is 56.5 Å². The summed E-state index contributed by atoms with van der Waals surface area (Å²) in [5, 5.41) is 6.21. The Hall–Kier alpha value is -2.65. The number of benzene rings is 1. The predicted octanol–water partition coefficient (Wildman–Crippen LogP) is 3.12. The van der Waals surface area contributed by atoms with Crippen LogP contribution in [-0.2, 0) is 15.4 Å². The molecule has 9 heteroatoms. The highest BCUT2D eigenvalue weighted by atomic mass is 32.2. The molecule has 3 rings (SSSR count). The second-order valence-electron chi connectivity index (χ2n) is 9.32. The van der Waals surface area contributed by atoms with Crippen LogP contribution in [0.15, 0.2) is 41.4 Å². The number of hydrogen-bond acceptors (Lipinski definition) is 6. The molecular formula is C24H35N5O3S. The maximum atomic E-state index is 13.0. The van der Waals surface area contributed by atoms with Crippen LogP contribution in [0.5, 0.6) is 0 Å². The minimum absolute atomic E-state index is 0.0700. The Morgan fingerprint density at radius 1 is 1.15 bits per heavy atom. The summed E-state index contributed by atoms with van der Waals surface area (Å²) in [7, 11) is -3.82. The van der Waals surface area contributed by atoms with Gasteiger partial charge in [0.1, 0.15) is 5.82 Å². The van der Waals surface area contributed by atoms with Crippen molar-refractivity contribution in [3.8, 4) is 0 Å². The minimum atomic E-state index is -3.82. The molecule has 1 saturated heterocycles. The van der Waals surface area contributed by atoms with E-state index in [2.05, 4.69) is 52.9 Å². The highest BCUT2D eigenvalue weighted by molar-refractivity contribution is 7.92. The van der Waals surface area contributed by atoms with Gasteiger partial charge in [0.2, 0.25) is 0 Å². The van der Waals surface area contributed by atoms with Gasteiger partial charge < -0.3 is 15.5 Å². The minimum Gasteiger partial charge on any atom is -0.353 e. The van der Waals surface area contributed by atoms with Crippen molar-refractivity contribution in [1.29, 1.82) is 0 Å². The topological polar surface area (TPSA) is 103 Å². The molecule has 180 valence electrons. The maximum Gasteiger partial charge on any atom is 0.261 e. The lowest BCUT2D eigenvalue weighted by molar-refractivity contribution is 0.0953. The van der Waals surface area contributed by atoms with E-state index in [0.29, 0.717) is 17.9 Å². The number of carbonyl (C=O) groups is 1. The van der Waals surface area contributed by atoms with Crippen molar-refractivity contribution in [1.82, 2.24) is 15.6 Å². The quantitative estimate of drug-likeness (QED) is 0.509. The molecule has 0 bridgehead atoms. The number of amides is 1. The van der Waals surface area contributed by atoms with E-state index in [9.17, 15) is 13.2 Å². The number of unbranched alkanes of at least 4 members (excludes halogenated alkanes) is 1. The third kappa shape index (κ3) is 6.45. The number of aromatic nitrogens is 1. The SMILES string of the molecule is CCCCNC(=O)c1cc(NS(=O)(=O)c2ccc(C(C)(C)C)cc2)cnc1N1CCNCC1. The van der Waals surface area contributed by atoms with Gasteiger partial charge in [0.25, 0.3) is 15.9 Å². The number of rotatable bonds is 8. The van der Waals surface area contributed by atoms with Gasteiger partial charge in [0, 0.05) is 32.7 Å². The summed E-state index contributed by atoms with van der Waals surface area (Å²) in [5.74, 6) is 0.322. The van der Waals surface area contributed by atoms with Gasteiger partial charge in [-0.25, -0.2) is 13.4 Å². The van der Waals surface area contributed by atoms with Gasteiger partial charge in [-0.1, -0.05) is 46.2 Å². The molecule has 2 heterocycles. The van der Waals surface area contributed by atoms with Crippen LogP contribution in [0.2, 0.25) is 0 Å². The lowest BCUT2D eigenvalue weighted by atomic mass is 9.87. The summed E-state index contributed by atoms with van der Waals surface area (Å²) in [4.78, 5) is 19.6. The average Bonchev–Trinajstić information content (AvgIpc) is 2.79. The molecule has 1 aromatic heterocycles. The Morgan fingerprint density at radius 2 is 1.82 bits per heavy atom. The normalized spacial score (nSPS) is 14.7. The van der Waals surface area contributed by atoms with Gasteiger partial charge in [-0.2, -0.15) is 0 Å². The van der Waals surface area contributed by atoms with E-state index in [1.807, 2.05) is 12.1 Å². The van der Waals surface area contributed by atoms with Crippen LogP contribution < -0.4 is 20.3 Å². The Kier molecular flexibility index (Phi) is 7.97. The summed E-state index contributed by atoms with van der Waals surface area (Å²) < 4.78 is 28.6. The van der Waals surface area contributed by atoms with E-state index >= 15 is 0 Å². The number of sulfonamides is 1. The van der Waals surface area contributed by atoms with Gasteiger partial charge >= 0.3 is 0 Å². The molecule has 1 aromatic carbocycles. The van der Waals surface area contributed by atoms with Crippen LogP contribution in [0.25, 0.3) is 0 Å². The zero-order chi connectivity index (χ0) is 24.1. The number of anilines is 2. The molecule has 1 amide bonds. The van der Waals surface area contributed by atoms with Crippen molar-refractivity contribution in [3.63, 3.8) is 0 Å². The number of hydrogen-bond donors (Lipinski definition) is 3. The number of piperazine rings is 1. The highest BCUT2D eigenvalue weighted by Crippen LogP contribution is 2.26. The summed E-state index contributed by atoms with van der Waals surface area (Å²) in [6.45, 7) is 11.9. The second-order valence-corrected chi connectivity index (χ2v) is 11.0. The Labute approximate surface area is 197 Å². The summed E-state index contributed by atoms with van der Waals surface area (Å²) in [6, 6.07) is 8.43. The fourth-order valence-corrected chi connectivity index (χ4v) is 4.67. The second kappa shape index (κ2) is 10.5. The van der Waals surface area contributed by atoms with Crippen LogP contribution in [0, 0.1) is 0 Å². The molecule has 2 aromatic rings. The molecule has 0 unspecified atom stereocenters. The molecule has 1 fully saturated rings. The molecule has 0 spiro atoms. The van der Waals surface area contributed by atoms with Crippen molar-refractivity contribution in [2.75, 3.05) is 42.3 Å². The van der Waals surface area contributed by atoms with Crippen molar-refractivity contribution in [2.45, 2.75) is 50.8 Å². The standard InChI is InChI=1S/C24H35N5O3S/c1-5-6-11-26-23(30)21-16-19(17-27-22(21)29-14-12-25-13-15-29)28-33(31,32)20-9-7-18(8-10-20)24(2,3)4/h7-10,16-17,25,28H,5-6,11-15H2,1-4H3,(H,26,30). The summed E-state index contributed by atoms with van der Waals surface area (Å²) in [6.07, 6.45) is 3.32. The monoisotopic (exact) mass is 473 g/mol. The third-order valence-electron chi connectivity index (χ3n) is 5.63. The zero-order valence-corrected chi connectivity index (χ0v) is 20.8. The first-order valence-electron chi connectivity index (χ1n) is 11.5. The molecular weight excluding hydrogens is 438 g/mol. The van der Waals surface area contributed by atoms with E-state index in [0.717, 1.165) is 44.6 Å². The fraction of sp³-hybridized carbons (Fsp3) is 0.500. The fourth-order valence-electron chi connectivity index (χ4n) is 3.63. The predicted molar refractivity (Wildman–Crippen MR) is 133 cm³/mol. The van der Waals surface area contributed by atoms with Crippen LogP contribution in [-0.4, -0.2) is 52.0 Å². The highest BCUT2D eigenvalue weighted by Gasteiger charge is 2.23. The molecule has 0 aliphatic carbocycles. The van der Waals surface area contributed by atoms with Gasteiger partial charge in [0.05, 0.1) is 22.3 Å². The van der Waals surface area contributed by atoms with Crippen LogP contribution in [0.4, 0.5) is 11.5 Å². The van der Waals surface area contributed by atoms with Crippen molar-refractivity contribution < 1.29 is 13.2 Å². The Bertz CT molecular complexity index is 1060. The number of carbonyl (C=O) groups excluding carboxylic acids is 1.